The minimum absolute atomic E-state index is 0.242. The van der Waals surface area contributed by atoms with Crippen LogP contribution in [0.2, 0.25) is 0 Å². The van der Waals surface area contributed by atoms with Crippen molar-refractivity contribution in [3.8, 4) is 0 Å². The minimum Gasteiger partial charge on any atom is -0.306 e. The summed E-state index contributed by atoms with van der Waals surface area (Å²) in [4.78, 5) is 4.23. The normalized spacial score (nSPS) is 25.8. The molecule has 1 aliphatic rings. The zero-order valence-electron chi connectivity index (χ0n) is 12.0. The highest BCUT2D eigenvalue weighted by atomic mass is 19.1. The van der Waals surface area contributed by atoms with Crippen LogP contribution in [0.5, 0.6) is 0 Å². The van der Waals surface area contributed by atoms with Gasteiger partial charge in [0.2, 0.25) is 0 Å². The van der Waals surface area contributed by atoms with Crippen molar-refractivity contribution in [1.82, 2.24) is 10.3 Å². The van der Waals surface area contributed by atoms with Gasteiger partial charge in [0.15, 0.2) is 0 Å². The van der Waals surface area contributed by atoms with E-state index in [4.69, 9.17) is 0 Å². The monoisotopic (exact) mass is 264 g/mol. The molecule has 0 bridgehead atoms. The summed E-state index contributed by atoms with van der Waals surface area (Å²) in [7, 11) is 0. The standard InChI is InChI=1S/C16H25FN2/c1-3-14(16-10-9-13(17)11-18-16)19-15-8-6-4-5-7-12(15)2/h9-12,14-15,19H,3-8H2,1-2H3. The Hall–Kier alpha value is -0.960. The molecule has 1 aromatic rings. The lowest BCUT2D eigenvalue weighted by Crippen LogP contribution is -2.37. The van der Waals surface area contributed by atoms with Crippen molar-refractivity contribution in [2.24, 2.45) is 5.92 Å². The molecule has 0 saturated heterocycles. The molecule has 2 rings (SSSR count). The fourth-order valence-corrected chi connectivity index (χ4v) is 3.00. The number of hydrogen-bond acceptors (Lipinski definition) is 2. The lowest BCUT2D eigenvalue weighted by Gasteiger charge is -2.28. The third-order valence-corrected chi connectivity index (χ3v) is 4.29. The minimum atomic E-state index is -0.263. The first-order valence-corrected chi connectivity index (χ1v) is 7.58. The smallest absolute Gasteiger partial charge is 0.141 e. The number of hydrogen-bond donors (Lipinski definition) is 1. The molecule has 0 radical (unpaired) electrons. The summed E-state index contributed by atoms with van der Waals surface area (Å²) in [5.74, 6) is 0.457. The Bertz CT molecular complexity index is 377. The number of rotatable bonds is 4. The number of nitrogens with one attached hydrogen (secondary N) is 1. The second-order valence-corrected chi connectivity index (χ2v) is 5.75. The topological polar surface area (TPSA) is 24.9 Å². The molecule has 19 heavy (non-hydrogen) atoms. The van der Waals surface area contributed by atoms with Gasteiger partial charge in [0, 0.05) is 12.1 Å². The van der Waals surface area contributed by atoms with E-state index in [0.29, 0.717) is 6.04 Å². The number of nitrogens with zero attached hydrogens (tertiary/aromatic N) is 1. The van der Waals surface area contributed by atoms with Crippen LogP contribution in [-0.2, 0) is 0 Å². The van der Waals surface area contributed by atoms with E-state index in [2.05, 4.69) is 24.1 Å². The first-order chi connectivity index (χ1) is 9.20. The zero-order valence-corrected chi connectivity index (χ0v) is 12.0. The van der Waals surface area contributed by atoms with Crippen LogP contribution in [0, 0.1) is 11.7 Å². The van der Waals surface area contributed by atoms with Crippen LogP contribution >= 0.6 is 0 Å². The highest BCUT2D eigenvalue weighted by Crippen LogP contribution is 2.26. The molecule has 0 spiro atoms. The molecule has 3 atom stereocenters. The van der Waals surface area contributed by atoms with Crippen molar-refractivity contribution in [2.75, 3.05) is 0 Å². The molecule has 1 aromatic heterocycles. The Morgan fingerprint density at radius 3 is 2.79 bits per heavy atom. The van der Waals surface area contributed by atoms with Gasteiger partial charge in [0.05, 0.1) is 11.9 Å². The molecule has 1 fully saturated rings. The van der Waals surface area contributed by atoms with E-state index >= 15 is 0 Å². The Morgan fingerprint density at radius 2 is 2.11 bits per heavy atom. The van der Waals surface area contributed by atoms with Gasteiger partial charge in [-0.15, -0.1) is 0 Å². The van der Waals surface area contributed by atoms with Crippen molar-refractivity contribution in [1.29, 1.82) is 0 Å². The molecule has 1 heterocycles. The van der Waals surface area contributed by atoms with Gasteiger partial charge in [-0.3, -0.25) is 4.98 Å². The van der Waals surface area contributed by atoms with Crippen LogP contribution in [0.25, 0.3) is 0 Å². The van der Waals surface area contributed by atoms with Gasteiger partial charge >= 0.3 is 0 Å². The molecule has 0 amide bonds. The maximum absolute atomic E-state index is 12.9. The van der Waals surface area contributed by atoms with Crippen LogP contribution in [-0.4, -0.2) is 11.0 Å². The highest BCUT2D eigenvalue weighted by molar-refractivity contribution is 5.10. The summed E-state index contributed by atoms with van der Waals surface area (Å²) in [6.07, 6.45) is 8.89. The van der Waals surface area contributed by atoms with Crippen LogP contribution in [0.1, 0.15) is 64.1 Å². The van der Waals surface area contributed by atoms with Crippen LogP contribution in [0.4, 0.5) is 4.39 Å². The Kier molecular flexibility index (Phi) is 5.32. The van der Waals surface area contributed by atoms with Gasteiger partial charge in [0.1, 0.15) is 5.82 Å². The van der Waals surface area contributed by atoms with Gasteiger partial charge < -0.3 is 5.32 Å². The molecular weight excluding hydrogens is 239 g/mol. The first kappa shape index (κ1) is 14.4. The third-order valence-electron chi connectivity index (χ3n) is 4.29. The molecule has 3 heteroatoms. The van der Waals surface area contributed by atoms with Crippen molar-refractivity contribution in [3.05, 3.63) is 29.8 Å². The van der Waals surface area contributed by atoms with Gasteiger partial charge in [-0.1, -0.05) is 33.1 Å². The molecule has 1 aliphatic carbocycles. The van der Waals surface area contributed by atoms with E-state index in [1.165, 1.54) is 44.4 Å². The summed E-state index contributed by atoms with van der Waals surface area (Å²) >= 11 is 0. The summed E-state index contributed by atoms with van der Waals surface area (Å²) in [6.45, 7) is 4.50. The molecule has 0 aliphatic heterocycles. The first-order valence-electron chi connectivity index (χ1n) is 7.58. The lowest BCUT2D eigenvalue weighted by atomic mass is 9.95. The maximum atomic E-state index is 12.9. The van der Waals surface area contributed by atoms with Gasteiger partial charge in [-0.2, -0.15) is 0 Å². The molecule has 106 valence electrons. The fourth-order valence-electron chi connectivity index (χ4n) is 3.00. The van der Waals surface area contributed by atoms with Gasteiger partial charge in [-0.05, 0) is 37.3 Å². The SMILES string of the molecule is CCC(NC1CCCCCC1C)c1ccc(F)cn1. The van der Waals surface area contributed by atoms with Crippen LogP contribution in [0.15, 0.2) is 18.3 Å². The van der Waals surface area contributed by atoms with Crippen LogP contribution in [0.3, 0.4) is 0 Å². The Labute approximate surface area is 115 Å². The summed E-state index contributed by atoms with van der Waals surface area (Å²) in [6, 6.07) is 4.12. The summed E-state index contributed by atoms with van der Waals surface area (Å²) < 4.78 is 12.9. The molecule has 3 unspecified atom stereocenters. The third kappa shape index (κ3) is 4.00. The van der Waals surface area contributed by atoms with E-state index in [1.807, 2.05) is 0 Å². The number of halogens is 1. The van der Waals surface area contributed by atoms with Crippen molar-refractivity contribution in [2.45, 2.75) is 64.5 Å². The lowest BCUT2D eigenvalue weighted by molar-refractivity contribution is 0.315. The molecule has 2 nitrogen and oxygen atoms in total. The Morgan fingerprint density at radius 1 is 1.32 bits per heavy atom. The molecule has 1 saturated carbocycles. The average molecular weight is 264 g/mol. The largest absolute Gasteiger partial charge is 0.306 e. The Balaban J connectivity index is 2.03. The predicted octanol–water partition coefficient (Wildman–Crippen LogP) is 4.23. The quantitative estimate of drug-likeness (QED) is 0.823. The van der Waals surface area contributed by atoms with E-state index < -0.39 is 0 Å². The zero-order chi connectivity index (χ0) is 13.7. The second-order valence-electron chi connectivity index (χ2n) is 5.75. The summed E-state index contributed by atoms with van der Waals surface area (Å²) in [5, 5.41) is 3.75. The van der Waals surface area contributed by atoms with E-state index in [1.54, 1.807) is 6.07 Å². The second kappa shape index (κ2) is 6.99. The van der Waals surface area contributed by atoms with Gasteiger partial charge in [0.25, 0.3) is 0 Å². The average Bonchev–Trinajstić information content (AvgIpc) is 2.62. The molecule has 1 N–H and O–H groups in total. The van der Waals surface area contributed by atoms with E-state index in [-0.39, 0.29) is 11.9 Å². The van der Waals surface area contributed by atoms with E-state index in [9.17, 15) is 4.39 Å². The predicted molar refractivity (Wildman–Crippen MR) is 76.4 cm³/mol. The number of pyridine rings is 1. The number of aromatic nitrogens is 1. The van der Waals surface area contributed by atoms with Crippen molar-refractivity contribution >= 4 is 0 Å². The maximum Gasteiger partial charge on any atom is 0.141 e. The van der Waals surface area contributed by atoms with Crippen molar-refractivity contribution in [3.63, 3.8) is 0 Å². The van der Waals surface area contributed by atoms with Crippen LogP contribution < -0.4 is 5.32 Å². The molecule has 0 aromatic carbocycles. The van der Waals surface area contributed by atoms with Crippen molar-refractivity contribution < 1.29 is 4.39 Å². The highest BCUT2D eigenvalue weighted by Gasteiger charge is 2.23. The summed E-state index contributed by atoms with van der Waals surface area (Å²) in [5.41, 5.74) is 0.959. The van der Waals surface area contributed by atoms with Gasteiger partial charge in [-0.25, -0.2) is 4.39 Å². The fraction of sp³-hybridized carbons (Fsp3) is 0.688. The van der Waals surface area contributed by atoms with E-state index in [0.717, 1.165) is 18.0 Å². The molecular formula is C16H25FN2.